The van der Waals surface area contributed by atoms with E-state index in [2.05, 4.69) is 57.3 Å². The lowest BCUT2D eigenvalue weighted by Crippen LogP contribution is -2.24. The van der Waals surface area contributed by atoms with Gasteiger partial charge in [0, 0.05) is 16.7 Å². The average Bonchev–Trinajstić information content (AvgIpc) is 2.27. The summed E-state index contributed by atoms with van der Waals surface area (Å²) in [7, 11) is 0. The Labute approximate surface area is 110 Å². The van der Waals surface area contributed by atoms with Crippen LogP contribution >= 0.6 is 11.8 Å². The summed E-state index contributed by atoms with van der Waals surface area (Å²) in [5.41, 5.74) is 1.38. The predicted octanol–water partition coefficient (Wildman–Crippen LogP) is 4.11. The van der Waals surface area contributed by atoms with Crippen LogP contribution in [0.25, 0.3) is 0 Å². The topological polar surface area (TPSA) is 12.0 Å². The Morgan fingerprint density at radius 3 is 2.53 bits per heavy atom. The molecule has 1 unspecified atom stereocenters. The normalized spacial score (nSPS) is 13.0. The first-order valence-electron chi connectivity index (χ1n) is 6.52. The lowest BCUT2D eigenvalue weighted by atomic mass is 10.1. The van der Waals surface area contributed by atoms with Crippen LogP contribution in [0.1, 0.15) is 32.8 Å². The Morgan fingerprint density at radius 2 is 1.88 bits per heavy atom. The minimum Gasteiger partial charge on any atom is -0.316 e. The van der Waals surface area contributed by atoms with Crippen molar-refractivity contribution in [3.8, 4) is 0 Å². The lowest BCUT2D eigenvalue weighted by molar-refractivity contribution is 0.539. The molecule has 96 valence electrons. The molecule has 0 aliphatic heterocycles. The summed E-state index contributed by atoms with van der Waals surface area (Å²) >= 11 is 1.97. The van der Waals surface area contributed by atoms with Gasteiger partial charge < -0.3 is 5.32 Å². The van der Waals surface area contributed by atoms with Gasteiger partial charge >= 0.3 is 0 Å². The Morgan fingerprint density at radius 1 is 1.18 bits per heavy atom. The van der Waals surface area contributed by atoms with Crippen LogP contribution < -0.4 is 5.32 Å². The third-order valence-electron chi connectivity index (χ3n) is 2.75. The second-order valence-corrected chi connectivity index (χ2v) is 6.56. The quantitative estimate of drug-likeness (QED) is 0.578. The zero-order valence-corrected chi connectivity index (χ0v) is 12.3. The van der Waals surface area contributed by atoms with Crippen LogP contribution in [0.2, 0.25) is 0 Å². The average molecular weight is 251 g/mol. The van der Waals surface area contributed by atoms with E-state index >= 15 is 0 Å². The van der Waals surface area contributed by atoms with Crippen LogP contribution in [0, 0.1) is 12.8 Å². The zero-order valence-electron chi connectivity index (χ0n) is 11.5. The van der Waals surface area contributed by atoms with Crippen molar-refractivity contribution in [3.63, 3.8) is 0 Å². The first kappa shape index (κ1) is 14.6. The van der Waals surface area contributed by atoms with Gasteiger partial charge in [-0.2, -0.15) is 0 Å². The molecule has 0 aliphatic rings. The molecule has 0 saturated heterocycles. The predicted molar refractivity (Wildman–Crippen MR) is 78.8 cm³/mol. The maximum absolute atomic E-state index is 3.54. The molecular weight excluding hydrogens is 226 g/mol. The van der Waals surface area contributed by atoms with Crippen LogP contribution in [0.15, 0.2) is 29.2 Å². The number of hydrogen-bond acceptors (Lipinski definition) is 2. The van der Waals surface area contributed by atoms with Gasteiger partial charge in [0.25, 0.3) is 0 Å². The van der Waals surface area contributed by atoms with Crippen molar-refractivity contribution in [2.45, 2.75) is 44.3 Å². The van der Waals surface area contributed by atoms with E-state index in [-0.39, 0.29) is 0 Å². The van der Waals surface area contributed by atoms with E-state index in [4.69, 9.17) is 0 Å². The third-order valence-corrected chi connectivity index (χ3v) is 4.03. The van der Waals surface area contributed by atoms with Gasteiger partial charge in [-0.1, -0.05) is 39.0 Å². The van der Waals surface area contributed by atoms with Crippen molar-refractivity contribution in [1.82, 2.24) is 5.32 Å². The van der Waals surface area contributed by atoms with Gasteiger partial charge in [0.05, 0.1) is 0 Å². The summed E-state index contributed by atoms with van der Waals surface area (Å²) in [6, 6.07) is 8.62. The lowest BCUT2D eigenvalue weighted by Gasteiger charge is -2.14. The fourth-order valence-corrected chi connectivity index (χ4v) is 2.69. The minimum atomic E-state index is 0.628. The molecular formula is C15H25NS. The van der Waals surface area contributed by atoms with Crippen molar-refractivity contribution >= 4 is 11.8 Å². The fourth-order valence-electron chi connectivity index (χ4n) is 1.64. The van der Waals surface area contributed by atoms with Crippen LogP contribution in [0.5, 0.6) is 0 Å². The molecule has 1 aromatic carbocycles. The highest BCUT2D eigenvalue weighted by Gasteiger charge is 2.05. The number of nitrogens with one attached hydrogen (secondary N) is 1. The second kappa shape index (κ2) is 7.78. The van der Waals surface area contributed by atoms with Crippen LogP contribution in [0.4, 0.5) is 0 Å². The molecule has 0 aliphatic carbocycles. The Hall–Kier alpha value is -0.470. The molecule has 0 heterocycles. The highest BCUT2D eigenvalue weighted by Crippen LogP contribution is 2.25. The van der Waals surface area contributed by atoms with Crippen molar-refractivity contribution in [2.24, 2.45) is 5.92 Å². The summed E-state index contributed by atoms with van der Waals surface area (Å²) in [6.07, 6.45) is 1.27. The Kier molecular flexibility index (Phi) is 6.68. The van der Waals surface area contributed by atoms with Gasteiger partial charge in [-0.3, -0.25) is 0 Å². The molecule has 1 atom stereocenters. The van der Waals surface area contributed by atoms with Gasteiger partial charge in [-0.05, 0) is 37.4 Å². The molecule has 17 heavy (non-hydrogen) atoms. The Bertz CT molecular complexity index is 322. The number of benzene rings is 1. The zero-order chi connectivity index (χ0) is 12.7. The van der Waals surface area contributed by atoms with E-state index in [0.717, 1.165) is 19.0 Å². The monoisotopic (exact) mass is 251 g/mol. The standard InChI is InChI=1S/C15H25NS/c1-12(2)9-10-16-11-14(4)17-15-8-6-5-7-13(15)3/h5-8,12,14,16H,9-11H2,1-4H3. The minimum absolute atomic E-state index is 0.628. The van der Waals surface area contributed by atoms with E-state index < -0.39 is 0 Å². The summed E-state index contributed by atoms with van der Waals surface area (Å²) in [4.78, 5) is 1.41. The number of hydrogen-bond donors (Lipinski definition) is 1. The molecule has 1 aromatic rings. The first-order chi connectivity index (χ1) is 8.09. The fraction of sp³-hybridized carbons (Fsp3) is 0.600. The van der Waals surface area contributed by atoms with E-state index in [9.17, 15) is 0 Å². The summed E-state index contributed by atoms with van der Waals surface area (Å²) in [5, 5.41) is 4.16. The SMILES string of the molecule is Cc1ccccc1SC(C)CNCCC(C)C. The van der Waals surface area contributed by atoms with Crippen molar-refractivity contribution in [2.75, 3.05) is 13.1 Å². The summed E-state index contributed by atoms with van der Waals surface area (Å²) in [5.74, 6) is 0.793. The number of thioether (sulfide) groups is 1. The largest absolute Gasteiger partial charge is 0.316 e. The maximum Gasteiger partial charge on any atom is 0.0191 e. The van der Waals surface area contributed by atoms with Gasteiger partial charge in [-0.15, -0.1) is 11.8 Å². The van der Waals surface area contributed by atoms with Crippen molar-refractivity contribution in [3.05, 3.63) is 29.8 Å². The van der Waals surface area contributed by atoms with Crippen molar-refractivity contribution < 1.29 is 0 Å². The maximum atomic E-state index is 3.54. The second-order valence-electron chi connectivity index (χ2n) is 5.08. The van der Waals surface area contributed by atoms with E-state index in [1.165, 1.54) is 16.9 Å². The molecule has 0 spiro atoms. The smallest absolute Gasteiger partial charge is 0.0191 e. The Balaban J connectivity index is 2.25. The molecule has 0 amide bonds. The van der Waals surface area contributed by atoms with E-state index in [1.807, 2.05) is 11.8 Å². The highest BCUT2D eigenvalue weighted by molar-refractivity contribution is 8.00. The van der Waals surface area contributed by atoms with Crippen LogP contribution in [-0.4, -0.2) is 18.3 Å². The molecule has 2 heteroatoms. The van der Waals surface area contributed by atoms with E-state index in [1.54, 1.807) is 0 Å². The highest BCUT2D eigenvalue weighted by atomic mass is 32.2. The molecule has 1 N–H and O–H groups in total. The summed E-state index contributed by atoms with van der Waals surface area (Å²) in [6.45, 7) is 11.2. The molecule has 1 nitrogen and oxygen atoms in total. The molecule has 0 aromatic heterocycles. The molecule has 1 rings (SSSR count). The van der Waals surface area contributed by atoms with Crippen LogP contribution in [0.3, 0.4) is 0 Å². The summed E-state index contributed by atoms with van der Waals surface area (Å²) < 4.78 is 0. The first-order valence-corrected chi connectivity index (χ1v) is 7.40. The molecule has 0 saturated carbocycles. The van der Waals surface area contributed by atoms with Gasteiger partial charge in [0.2, 0.25) is 0 Å². The number of rotatable bonds is 7. The molecule has 0 bridgehead atoms. The van der Waals surface area contributed by atoms with Crippen molar-refractivity contribution in [1.29, 1.82) is 0 Å². The molecule has 0 fully saturated rings. The van der Waals surface area contributed by atoms with Gasteiger partial charge in [-0.25, -0.2) is 0 Å². The van der Waals surface area contributed by atoms with E-state index in [0.29, 0.717) is 5.25 Å². The third kappa shape index (κ3) is 6.13. The molecule has 0 radical (unpaired) electrons. The van der Waals surface area contributed by atoms with Gasteiger partial charge in [0.1, 0.15) is 0 Å². The van der Waals surface area contributed by atoms with Crippen LogP contribution in [-0.2, 0) is 0 Å². The number of aryl methyl sites for hydroxylation is 1. The van der Waals surface area contributed by atoms with Gasteiger partial charge in [0.15, 0.2) is 0 Å².